The quantitative estimate of drug-likeness (QED) is 0.340. The Hall–Kier alpha value is -3.40. The van der Waals surface area contributed by atoms with Gasteiger partial charge < -0.3 is 15.1 Å². The molecule has 1 saturated heterocycles. The van der Waals surface area contributed by atoms with E-state index in [9.17, 15) is 24.5 Å². The van der Waals surface area contributed by atoms with Gasteiger partial charge in [-0.25, -0.2) is 0 Å². The summed E-state index contributed by atoms with van der Waals surface area (Å²) >= 11 is 4.94. The van der Waals surface area contributed by atoms with Crippen molar-refractivity contribution in [3.8, 4) is 0 Å². The Bertz CT molecular complexity index is 1030. The Labute approximate surface area is 169 Å². The number of hydrogen-bond acceptors (Lipinski definition) is 7. The first-order valence-electron chi connectivity index (χ1n) is 8.80. The Kier molecular flexibility index (Phi) is 4.50. The van der Waals surface area contributed by atoms with Gasteiger partial charge in [0.25, 0.3) is 5.69 Å². The van der Waals surface area contributed by atoms with E-state index in [-0.39, 0.29) is 29.4 Å². The van der Waals surface area contributed by atoms with Crippen molar-refractivity contribution < 1.29 is 23.7 Å². The number of amides is 2. The van der Waals surface area contributed by atoms with Crippen LogP contribution in [-0.2, 0) is 14.4 Å². The molecule has 1 aliphatic carbocycles. The highest BCUT2D eigenvalue weighted by Crippen LogP contribution is 2.55. The van der Waals surface area contributed by atoms with E-state index in [4.69, 9.17) is 16.6 Å². The SMILES string of the molecule is O=C1CC(c2cccc([N+](=O)[O-])c2)C2(C(=O)NC(=S)NC2=O)C(c2ccco2)C1. The van der Waals surface area contributed by atoms with Gasteiger partial charge in [0.05, 0.1) is 11.2 Å². The van der Waals surface area contributed by atoms with Crippen LogP contribution >= 0.6 is 12.2 Å². The number of nitrogens with one attached hydrogen (secondary N) is 2. The van der Waals surface area contributed by atoms with Crippen molar-refractivity contribution in [2.75, 3.05) is 0 Å². The number of non-ortho nitro benzene ring substituents is 1. The van der Waals surface area contributed by atoms with Crippen molar-refractivity contribution >= 4 is 40.6 Å². The lowest BCUT2D eigenvalue weighted by Crippen LogP contribution is -2.67. The lowest BCUT2D eigenvalue weighted by Gasteiger charge is -2.47. The van der Waals surface area contributed by atoms with Crippen molar-refractivity contribution in [2.45, 2.75) is 24.7 Å². The van der Waals surface area contributed by atoms with Gasteiger partial charge in [0.1, 0.15) is 17.0 Å². The number of thiocarbonyl (C=S) groups is 1. The second kappa shape index (κ2) is 6.89. The fraction of sp³-hybridized carbons (Fsp3) is 0.263. The van der Waals surface area contributed by atoms with E-state index in [2.05, 4.69) is 10.6 Å². The van der Waals surface area contributed by atoms with Crippen LogP contribution in [0.5, 0.6) is 0 Å². The molecule has 1 saturated carbocycles. The third-order valence-electron chi connectivity index (χ3n) is 5.54. The Morgan fingerprint density at radius 2 is 1.76 bits per heavy atom. The smallest absolute Gasteiger partial charge is 0.269 e. The summed E-state index contributed by atoms with van der Waals surface area (Å²) < 4.78 is 5.47. The fourth-order valence-corrected chi connectivity index (χ4v) is 4.52. The zero-order valence-electron chi connectivity index (χ0n) is 14.9. The molecule has 2 fully saturated rings. The molecular formula is C19H15N3O6S. The summed E-state index contributed by atoms with van der Waals surface area (Å²) in [7, 11) is 0. The van der Waals surface area contributed by atoms with Gasteiger partial charge in [-0.1, -0.05) is 12.1 Å². The largest absolute Gasteiger partial charge is 0.469 e. The van der Waals surface area contributed by atoms with E-state index < -0.39 is 34.0 Å². The molecule has 1 aliphatic heterocycles. The maximum atomic E-state index is 13.3. The highest BCUT2D eigenvalue weighted by molar-refractivity contribution is 7.80. The van der Waals surface area contributed by atoms with E-state index in [0.717, 1.165) is 0 Å². The van der Waals surface area contributed by atoms with Crippen LogP contribution in [0.25, 0.3) is 0 Å². The van der Waals surface area contributed by atoms with Gasteiger partial charge in [0.2, 0.25) is 11.8 Å². The van der Waals surface area contributed by atoms with Crippen molar-refractivity contribution in [3.63, 3.8) is 0 Å². The third kappa shape index (κ3) is 2.92. The molecule has 29 heavy (non-hydrogen) atoms. The first-order chi connectivity index (χ1) is 13.8. The second-order valence-corrected chi connectivity index (χ2v) is 7.43. The number of nitro benzene ring substituents is 1. The molecule has 9 nitrogen and oxygen atoms in total. The van der Waals surface area contributed by atoms with Crippen molar-refractivity contribution in [1.82, 2.24) is 10.6 Å². The molecule has 1 aromatic carbocycles. The molecule has 2 aliphatic rings. The van der Waals surface area contributed by atoms with E-state index in [0.29, 0.717) is 11.3 Å². The van der Waals surface area contributed by atoms with E-state index >= 15 is 0 Å². The predicted octanol–water partition coefficient (Wildman–Crippen LogP) is 1.94. The number of carbonyl (C=O) groups excluding carboxylic acids is 3. The lowest BCUT2D eigenvalue weighted by molar-refractivity contribution is -0.385. The van der Waals surface area contributed by atoms with Crippen molar-refractivity contribution in [3.05, 3.63) is 64.1 Å². The van der Waals surface area contributed by atoms with Gasteiger partial charge in [-0.05, 0) is 29.9 Å². The Morgan fingerprint density at radius 1 is 1.07 bits per heavy atom. The van der Waals surface area contributed by atoms with Crippen LogP contribution in [0.2, 0.25) is 0 Å². The van der Waals surface area contributed by atoms with Crippen LogP contribution in [0.4, 0.5) is 5.69 Å². The van der Waals surface area contributed by atoms with E-state index in [1.807, 2.05) is 0 Å². The fourth-order valence-electron chi connectivity index (χ4n) is 4.33. The van der Waals surface area contributed by atoms with Gasteiger partial charge in [-0.2, -0.15) is 0 Å². The van der Waals surface area contributed by atoms with Crippen molar-refractivity contribution in [2.24, 2.45) is 5.41 Å². The maximum Gasteiger partial charge on any atom is 0.269 e. The molecule has 2 heterocycles. The molecular weight excluding hydrogens is 398 g/mol. The zero-order valence-corrected chi connectivity index (χ0v) is 15.7. The number of hydrogen-bond donors (Lipinski definition) is 2. The average Bonchev–Trinajstić information content (AvgIpc) is 3.20. The lowest BCUT2D eigenvalue weighted by atomic mass is 9.55. The van der Waals surface area contributed by atoms with Crippen LogP contribution in [0.15, 0.2) is 47.1 Å². The molecule has 1 spiro atoms. The summed E-state index contributed by atoms with van der Waals surface area (Å²) in [5.74, 6) is -2.99. The average molecular weight is 413 g/mol. The standard InChI is InChI=1S/C19H15N3O6S/c23-12-8-13(10-3-1-4-11(7-10)22(26)27)19(14(9-12)15-5-2-6-28-15)16(24)20-18(29)21-17(19)25/h1-7,13-14H,8-9H2,(H2,20,21,24,25,29). The number of nitrogens with zero attached hydrogens (tertiary/aromatic N) is 1. The monoisotopic (exact) mass is 413 g/mol. The second-order valence-electron chi connectivity index (χ2n) is 7.03. The molecule has 2 unspecified atom stereocenters. The zero-order chi connectivity index (χ0) is 20.8. The highest BCUT2D eigenvalue weighted by atomic mass is 32.1. The van der Waals surface area contributed by atoms with E-state index in [1.54, 1.807) is 18.2 Å². The topological polar surface area (TPSA) is 132 Å². The highest BCUT2D eigenvalue weighted by Gasteiger charge is 2.63. The summed E-state index contributed by atoms with van der Waals surface area (Å²) in [5.41, 5.74) is -1.59. The minimum Gasteiger partial charge on any atom is -0.469 e. The van der Waals surface area contributed by atoms with Gasteiger partial charge in [0.15, 0.2) is 5.11 Å². The normalized spacial score (nSPS) is 23.6. The maximum absolute atomic E-state index is 13.3. The van der Waals surface area contributed by atoms with Gasteiger partial charge in [0, 0.05) is 36.8 Å². The number of Topliss-reactive ketones (excluding diaryl/α,β-unsaturated/α-hetero) is 1. The molecule has 2 amide bonds. The minimum atomic E-state index is -1.75. The van der Waals surface area contributed by atoms with Crippen LogP contribution in [0.1, 0.15) is 36.0 Å². The summed E-state index contributed by atoms with van der Waals surface area (Å²) in [6, 6.07) is 8.84. The van der Waals surface area contributed by atoms with Crippen LogP contribution in [-0.4, -0.2) is 27.6 Å². The van der Waals surface area contributed by atoms with E-state index in [1.165, 1.54) is 24.5 Å². The molecule has 4 rings (SSSR count). The Morgan fingerprint density at radius 3 is 2.38 bits per heavy atom. The number of nitro groups is 1. The van der Waals surface area contributed by atoms with Gasteiger partial charge >= 0.3 is 0 Å². The Balaban J connectivity index is 1.94. The molecule has 0 radical (unpaired) electrons. The number of ketones is 1. The molecule has 148 valence electrons. The summed E-state index contributed by atoms with van der Waals surface area (Å²) in [5, 5.41) is 16.1. The van der Waals surface area contributed by atoms with Crippen LogP contribution < -0.4 is 10.6 Å². The minimum absolute atomic E-state index is 0.0768. The van der Waals surface area contributed by atoms with Crippen molar-refractivity contribution in [1.29, 1.82) is 0 Å². The first kappa shape index (κ1) is 18.9. The number of furan rings is 1. The molecule has 2 aromatic rings. The molecule has 0 bridgehead atoms. The summed E-state index contributed by atoms with van der Waals surface area (Å²) in [6.45, 7) is 0. The number of benzene rings is 1. The number of rotatable bonds is 3. The van der Waals surface area contributed by atoms with Crippen LogP contribution in [0, 0.1) is 15.5 Å². The number of carbonyl (C=O) groups is 3. The van der Waals surface area contributed by atoms with Crippen LogP contribution in [0.3, 0.4) is 0 Å². The summed E-state index contributed by atoms with van der Waals surface area (Å²) in [4.78, 5) is 49.8. The molecule has 2 N–H and O–H groups in total. The first-order valence-corrected chi connectivity index (χ1v) is 9.21. The molecule has 1 aromatic heterocycles. The predicted molar refractivity (Wildman–Crippen MR) is 103 cm³/mol. The van der Waals surface area contributed by atoms with Gasteiger partial charge in [-0.15, -0.1) is 0 Å². The summed E-state index contributed by atoms with van der Waals surface area (Å²) in [6.07, 6.45) is 1.20. The van der Waals surface area contributed by atoms with Gasteiger partial charge in [-0.3, -0.25) is 24.5 Å². The molecule has 2 atom stereocenters. The third-order valence-corrected chi connectivity index (χ3v) is 5.74. The molecule has 10 heteroatoms.